The van der Waals surface area contributed by atoms with E-state index >= 15 is 0 Å². The third kappa shape index (κ3) is 1.87. The van der Waals surface area contributed by atoms with Crippen LogP contribution in [0.1, 0.15) is 42.7 Å². The lowest BCUT2D eigenvalue weighted by Gasteiger charge is -2.18. The Kier molecular flexibility index (Phi) is 2.80. The van der Waals surface area contributed by atoms with E-state index in [4.69, 9.17) is 10.8 Å². The number of carboxylic acid groups (broad SMARTS) is 1. The normalized spacial score (nSPS) is 11.6. The minimum atomic E-state index is -1.06. The number of carboxylic acids is 1. The van der Waals surface area contributed by atoms with Gasteiger partial charge in [0.15, 0.2) is 5.69 Å². The zero-order chi connectivity index (χ0) is 10.9. The van der Waals surface area contributed by atoms with Gasteiger partial charge in [-0.25, -0.2) is 9.78 Å². The number of nitrogens with two attached hydrogens (primary N) is 1. The van der Waals surface area contributed by atoms with Gasteiger partial charge in [-0.2, -0.15) is 0 Å². The Labute approximate surface area is 86.8 Å². The molecule has 1 aromatic rings. The summed E-state index contributed by atoms with van der Waals surface area (Å²) in [6.45, 7) is 6.09. The number of thiazole rings is 1. The van der Waals surface area contributed by atoms with Crippen LogP contribution in [0.4, 0.5) is 5.00 Å². The van der Waals surface area contributed by atoms with Gasteiger partial charge in [0.1, 0.15) is 10.0 Å². The number of aromatic carboxylic acids is 1. The second kappa shape index (κ2) is 3.57. The van der Waals surface area contributed by atoms with Crippen LogP contribution in [0.5, 0.6) is 0 Å². The SMILES string of the molecule is CCC(C)(C)c1nc(C(=O)O)c(N)s1. The van der Waals surface area contributed by atoms with Gasteiger partial charge in [-0.3, -0.25) is 0 Å². The van der Waals surface area contributed by atoms with E-state index in [1.165, 1.54) is 11.3 Å². The lowest BCUT2D eigenvalue weighted by atomic mass is 9.91. The predicted molar refractivity (Wildman–Crippen MR) is 56.8 cm³/mol. The van der Waals surface area contributed by atoms with Gasteiger partial charge in [-0.15, -0.1) is 11.3 Å². The molecule has 1 aromatic heterocycles. The first-order valence-electron chi connectivity index (χ1n) is 4.38. The highest BCUT2D eigenvalue weighted by molar-refractivity contribution is 7.16. The Hall–Kier alpha value is -1.10. The van der Waals surface area contributed by atoms with Gasteiger partial charge in [-0.1, -0.05) is 20.8 Å². The van der Waals surface area contributed by atoms with E-state index in [-0.39, 0.29) is 16.1 Å². The van der Waals surface area contributed by atoms with Crippen molar-refractivity contribution in [2.45, 2.75) is 32.6 Å². The maximum Gasteiger partial charge on any atom is 0.357 e. The number of aromatic nitrogens is 1. The van der Waals surface area contributed by atoms with E-state index in [2.05, 4.69) is 4.98 Å². The molecule has 0 aliphatic carbocycles. The molecule has 0 saturated heterocycles. The zero-order valence-corrected chi connectivity index (χ0v) is 9.31. The second-order valence-corrected chi connectivity index (χ2v) is 4.81. The van der Waals surface area contributed by atoms with Crippen molar-refractivity contribution in [3.63, 3.8) is 0 Å². The fourth-order valence-electron chi connectivity index (χ4n) is 0.926. The summed E-state index contributed by atoms with van der Waals surface area (Å²) in [7, 11) is 0. The molecule has 0 spiro atoms. The molecule has 1 rings (SSSR count). The Morgan fingerprint density at radius 2 is 2.21 bits per heavy atom. The van der Waals surface area contributed by atoms with Crippen molar-refractivity contribution in [2.24, 2.45) is 0 Å². The fraction of sp³-hybridized carbons (Fsp3) is 0.556. The van der Waals surface area contributed by atoms with Crippen LogP contribution in [-0.4, -0.2) is 16.1 Å². The standard InChI is InChI=1S/C9H14N2O2S/c1-4-9(2,3)8-11-5(7(12)13)6(10)14-8/h4,10H2,1-3H3,(H,12,13). The van der Waals surface area contributed by atoms with Crippen molar-refractivity contribution in [2.75, 3.05) is 5.73 Å². The molecule has 0 radical (unpaired) electrons. The molecule has 0 atom stereocenters. The summed E-state index contributed by atoms with van der Waals surface area (Å²) in [4.78, 5) is 14.8. The van der Waals surface area contributed by atoms with Gasteiger partial charge in [0.2, 0.25) is 0 Å². The van der Waals surface area contributed by atoms with Crippen LogP contribution in [0.15, 0.2) is 0 Å². The highest BCUT2D eigenvalue weighted by Gasteiger charge is 2.25. The third-order valence-corrected chi connectivity index (χ3v) is 3.57. The molecular formula is C9H14N2O2S. The molecule has 0 unspecified atom stereocenters. The van der Waals surface area contributed by atoms with Crippen LogP contribution in [0.25, 0.3) is 0 Å². The Morgan fingerprint density at radius 1 is 1.64 bits per heavy atom. The van der Waals surface area contributed by atoms with E-state index in [0.29, 0.717) is 0 Å². The van der Waals surface area contributed by atoms with E-state index in [9.17, 15) is 4.79 Å². The number of hydrogen-bond acceptors (Lipinski definition) is 4. The van der Waals surface area contributed by atoms with Crippen LogP contribution < -0.4 is 5.73 Å². The van der Waals surface area contributed by atoms with Gasteiger partial charge in [0.25, 0.3) is 0 Å². The Bertz CT molecular complexity index is 358. The van der Waals surface area contributed by atoms with E-state index in [1.807, 2.05) is 20.8 Å². The molecule has 0 aliphatic rings. The fourth-order valence-corrected chi connectivity index (χ4v) is 1.92. The molecule has 14 heavy (non-hydrogen) atoms. The maximum absolute atomic E-state index is 10.7. The molecule has 0 amide bonds. The largest absolute Gasteiger partial charge is 0.476 e. The maximum atomic E-state index is 10.7. The van der Waals surface area contributed by atoms with E-state index in [1.54, 1.807) is 0 Å². The van der Waals surface area contributed by atoms with Crippen LogP contribution in [0, 0.1) is 0 Å². The number of carbonyl (C=O) groups is 1. The first kappa shape index (κ1) is 11.0. The van der Waals surface area contributed by atoms with Crippen LogP contribution in [-0.2, 0) is 5.41 Å². The average molecular weight is 214 g/mol. The van der Waals surface area contributed by atoms with Gasteiger partial charge in [0, 0.05) is 5.41 Å². The lowest BCUT2D eigenvalue weighted by molar-refractivity contribution is 0.0692. The lowest BCUT2D eigenvalue weighted by Crippen LogP contribution is -2.15. The number of nitrogens with zero attached hydrogens (tertiary/aromatic N) is 1. The van der Waals surface area contributed by atoms with Crippen LogP contribution in [0.2, 0.25) is 0 Å². The van der Waals surface area contributed by atoms with E-state index < -0.39 is 5.97 Å². The third-order valence-electron chi connectivity index (χ3n) is 2.32. The molecule has 5 heteroatoms. The van der Waals surface area contributed by atoms with Crippen molar-refractivity contribution < 1.29 is 9.90 Å². The summed E-state index contributed by atoms with van der Waals surface area (Å²) >= 11 is 1.26. The molecule has 0 fully saturated rings. The van der Waals surface area contributed by atoms with Gasteiger partial charge < -0.3 is 10.8 Å². The van der Waals surface area contributed by atoms with Crippen molar-refractivity contribution in [1.82, 2.24) is 4.98 Å². The molecule has 78 valence electrons. The minimum absolute atomic E-state index is 0.0217. The first-order valence-corrected chi connectivity index (χ1v) is 5.20. The highest BCUT2D eigenvalue weighted by atomic mass is 32.1. The van der Waals surface area contributed by atoms with E-state index in [0.717, 1.165) is 11.4 Å². The van der Waals surface area contributed by atoms with Crippen molar-refractivity contribution >= 4 is 22.3 Å². The molecule has 4 nitrogen and oxygen atoms in total. The summed E-state index contributed by atoms with van der Waals surface area (Å²) < 4.78 is 0. The van der Waals surface area contributed by atoms with Crippen molar-refractivity contribution in [1.29, 1.82) is 0 Å². The monoisotopic (exact) mass is 214 g/mol. The molecule has 1 heterocycles. The molecule has 0 bridgehead atoms. The van der Waals surface area contributed by atoms with Gasteiger partial charge >= 0.3 is 5.97 Å². The zero-order valence-electron chi connectivity index (χ0n) is 8.50. The van der Waals surface area contributed by atoms with Crippen LogP contribution >= 0.6 is 11.3 Å². The van der Waals surface area contributed by atoms with Crippen molar-refractivity contribution in [3.05, 3.63) is 10.7 Å². The summed E-state index contributed by atoms with van der Waals surface area (Å²) in [6, 6.07) is 0. The minimum Gasteiger partial charge on any atom is -0.476 e. The molecule has 0 aliphatic heterocycles. The first-order chi connectivity index (χ1) is 6.38. The molecule has 3 N–H and O–H groups in total. The summed E-state index contributed by atoms with van der Waals surface area (Å²) in [6.07, 6.45) is 0.902. The highest BCUT2D eigenvalue weighted by Crippen LogP contribution is 2.33. The quantitative estimate of drug-likeness (QED) is 0.808. The summed E-state index contributed by atoms with van der Waals surface area (Å²) in [5, 5.41) is 9.85. The average Bonchev–Trinajstić information content (AvgIpc) is 2.48. The van der Waals surface area contributed by atoms with Crippen molar-refractivity contribution in [3.8, 4) is 0 Å². The predicted octanol–water partition coefficient (Wildman–Crippen LogP) is 2.11. The number of hydrogen-bond donors (Lipinski definition) is 2. The Morgan fingerprint density at radius 3 is 2.57 bits per heavy atom. The van der Waals surface area contributed by atoms with Crippen LogP contribution in [0.3, 0.4) is 0 Å². The molecule has 0 aromatic carbocycles. The second-order valence-electron chi connectivity index (χ2n) is 3.77. The summed E-state index contributed by atoms with van der Waals surface area (Å²) in [5.41, 5.74) is 5.44. The smallest absolute Gasteiger partial charge is 0.357 e. The number of rotatable bonds is 3. The molecule has 0 saturated carbocycles. The number of anilines is 1. The Balaban J connectivity index is 3.15. The number of nitrogen functional groups attached to an aromatic ring is 1. The topological polar surface area (TPSA) is 76.2 Å². The van der Waals surface area contributed by atoms with Gasteiger partial charge in [-0.05, 0) is 6.42 Å². The molecular weight excluding hydrogens is 200 g/mol. The summed E-state index contributed by atoms with van der Waals surface area (Å²) in [5.74, 6) is -1.06. The van der Waals surface area contributed by atoms with Gasteiger partial charge in [0.05, 0.1) is 0 Å².